The van der Waals surface area contributed by atoms with Crippen LogP contribution in [0.1, 0.15) is 25.0 Å². The molecule has 2 N–H and O–H groups in total. The second-order valence-electron chi connectivity index (χ2n) is 3.28. The highest BCUT2D eigenvalue weighted by Gasteiger charge is 2.06. The highest BCUT2D eigenvalue weighted by Crippen LogP contribution is 2.28. The van der Waals surface area contributed by atoms with E-state index < -0.39 is 6.10 Å². The van der Waals surface area contributed by atoms with Crippen LogP contribution in [0.15, 0.2) is 27.6 Å². The third kappa shape index (κ3) is 4.15. The zero-order valence-electron chi connectivity index (χ0n) is 8.61. The number of thioether (sulfide) groups is 1. The average molecular weight is 291 g/mol. The van der Waals surface area contributed by atoms with Gasteiger partial charge in [0.1, 0.15) is 0 Å². The number of benzene rings is 1. The van der Waals surface area contributed by atoms with E-state index in [1.165, 1.54) is 0 Å². The molecule has 0 saturated heterocycles. The molecule has 84 valence electrons. The van der Waals surface area contributed by atoms with Crippen molar-refractivity contribution in [2.24, 2.45) is 0 Å². The van der Waals surface area contributed by atoms with Crippen molar-refractivity contribution in [1.29, 1.82) is 0 Å². The van der Waals surface area contributed by atoms with E-state index in [1.807, 2.05) is 18.2 Å². The number of aliphatic hydroxyl groups is 2. The third-order valence-corrected chi connectivity index (χ3v) is 3.76. The summed E-state index contributed by atoms with van der Waals surface area (Å²) in [7, 11) is 0. The maximum atomic E-state index is 9.44. The zero-order valence-corrected chi connectivity index (χ0v) is 11.0. The van der Waals surface area contributed by atoms with Gasteiger partial charge >= 0.3 is 0 Å². The van der Waals surface area contributed by atoms with Crippen molar-refractivity contribution in [3.05, 3.63) is 28.2 Å². The van der Waals surface area contributed by atoms with E-state index in [9.17, 15) is 5.11 Å². The van der Waals surface area contributed by atoms with Crippen LogP contribution in [-0.2, 0) is 0 Å². The molecule has 0 aliphatic carbocycles. The molecular formula is C11H15BrO2S. The van der Waals surface area contributed by atoms with E-state index in [-0.39, 0.29) is 6.61 Å². The first-order valence-corrected chi connectivity index (χ1v) is 6.64. The summed E-state index contributed by atoms with van der Waals surface area (Å²) in [6, 6.07) is 5.93. The molecule has 1 rings (SSSR count). The van der Waals surface area contributed by atoms with Gasteiger partial charge in [-0.1, -0.05) is 22.0 Å². The Labute approximate surface area is 103 Å². The monoisotopic (exact) mass is 290 g/mol. The fourth-order valence-electron chi connectivity index (χ4n) is 1.19. The SMILES string of the molecule is C[C@@H](O)c1ccc(SCCCO)cc1Br. The Balaban J connectivity index is 2.65. The molecule has 0 heterocycles. The molecule has 0 amide bonds. The molecule has 0 radical (unpaired) electrons. The van der Waals surface area contributed by atoms with Crippen molar-refractivity contribution in [3.63, 3.8) is 0 Å². The number of halogens is 1. The molecule has 2 nitrogen and oxygen atoms in total. The van der Waals surface area contributed by atoms with Crippen LogP contribution >= 0.6 is 27.7 Å². The van der Waals surface area contributed by atoms with E-state index >= 15 is 0 Å². The molecule has 1 aromatic carbocycles. The number of hydrogen-bond donors (Lipinski definition) is 2. The third-order valence-electron chi connectivity index (χ3n) is 1.99. The minimum absolute atomic E-state index is 0.236. The summed E-state index contributed by atoms with van der Waals surface area (Å²) >= 11 is 5.14. The Kier molecular flexibility index (Phi) is 5.68. The standard InChI is InChI=1S/C11H15BrO2S/c1-8(14)10-4-3-9(7-11(10)12)15-6-2-5-13/h3-4,7-8,13-14H,2,5-6H2,1H3/t8-/m1/s1. The first-order valence-electron chi connectivity index (χ1n) is 4.86. The predicted molar refractivity (Wildman–Crippen MR) is 67.2 cm³/mol. The van der Waals surface area contributed by atoms with Gasteiger partial charge in [0.05, 0.1) is 6.10 Å². The predicted octanol–water partition coefficient (Wildman–Crippen LogP) is 2.98. The zero-order chi connectivity index (χ0) is 11.3. The lowest BCUT2D eigenvalue weighted by Crippen LogP contribution is -1.92. The van der Waals surface area contributed by atoms with Crippen LogP contribution in [0.2, 0.25) is 0 Å². The summed E-state index contributed by atoms with van der Waals surface area (Å²) in [5.74, 6) is 0.914. The smallest absolute Gasteiger partial charge is 0.0772 e. The van der Waals surface area contributed by atoms with Crippen molar-refractivity contribution < 1.29 is 10.2 Å². The molecule has 15 heavy (non-hydrogen) atoms. The van der Waals surface area contributed by atoms with E-state index in [0.717, 1.165) is 27.1 Å². The first-order chi connectivity index (χ1) is 7.15. The highest BCUT2D eigenvalue weighted by atomic mass is 79.9. The summed E-state index contributed by atoms with van der Waals surface area (Å²) in [6.07, 6.45) is 0.358. The molecule has 0 unspecified atom stereocenters. The topological polar surface area (TPSA) is 40.5 Å². The molecule has 0 spiro atoms. The lowest BCUT2D eigenvalue weighted by Gasteiger charge is -2.09. The van der Waals surface area contributed by atoms with Gasteiger partial charge in [-0.15, -0.1) is 11.8 Å². The molecule has 0 aromatic heterocycles. The number of hydrogen-bond acceptors (Lipinski definition) is 3. The second-order valence-corrected chi connectivity index (χ2v) is 5.31. The van der Waals surface area contributed by atoms with Crippen LogP contribution < -0.4 is 0 Å². The van der Waals surface area contributed by atoms with Crippen molar-refractivity contribution in [2.45, 2.75) is 24.3 Å². The van der Waals surface area contributed by atoms with Crippen LogP contribution in [0, 0.1) is 0 Å². The van der Waals surface area contributed by atoms with E-state index in [0.29, 0.717) is 0 Å². The Morgan fingerprint density at radius 2 is 2.20 bits per heavy atom. The molecule has 1 atom stereocenters. The van der Waals surface area contributed by atoms with Crippen LogP contribution in [-0.4, -0.2) is 22.6 Å². The number of aliphatic hydroxyl groups excluding tert-OH is 2. The van der Waals surface area contributed by atoms with Crippen LogP contribution in [0.3, 0.4) is 0 Å². The van der Waals surface area contributed by atoms with Gasteiger partial charge < -0.3 is 10.2 Å². The van der Waals surface area contributed by atoms with Gasteiger partial charge in [0.25, 0.3) is 0 Å². The molecule has 0 saturated carbocycles. The van der Waals surface area contributed by atoms with Crippen molar-refractivity contribution in [3.8, 4) is 0 Å². The van der Waals surface area contributed by atoms with Crippen LogP contribution in [0.5, 0.6) is 0 Å². The largest absolute Gasteiger partial charge is 0.396 e. The Bertz CT molecular complexity index is 315. The summed E-state index contributed by atoms with van der Waals surface area (Å²) in [5.41, 5.74) is 0.904. The molecule has 0 aliphatic rings. The maximum absolute atomic E-state index is 9.44. The van der Waals surface area contributed by atoms with Crippen molar-refractivity contribution >= 4 is 27.7 Å². The maximum Gasteiger partial charge on any atom is 0.0772 e. The molecule has 4 heteroatoms. The van der Waals surface area contributed by atoms with Gasteiger partial charge in [0.2, 0.25) is 0 Å². The number of rotatable bonds is 5. The van der Waals surface area contributed by atoms with Gasteiger partial charge in [-0.3, -0.25) is 0 Å². The molecule has 0 fully saturated rings. The van der Waals surface area contributed by atoms with E-state index in [2.05, 4.69) is 15.9 Å². The Hall–Kier alpha value is -0.0300. The van der Waals surface area contributed by atoms with Crippen molar-refractivity contribution in [2.75, 3.05) is 12.4 Å². The minimum atomic E-state index is -0.448. The highest BCUT2D eigenvalue weighted by molar-refractivity contribution is 9.10. The Morgan fingerprint density at radius 3 is 2.73 bits per heavy atom. The van der Waals surface area contributed by atoms with Gasteiger partial charge in [0, 0.05) is 21.7 Å². The van der Waals surface area contributed by atoms with Gasteiger partial charge in [-0.05, 0) is 31.0 Å². The lowest BCUT2D eigenvalue weighted by atomic mass is 10.1. The fraction of sp³-hybridized carbons (Fsp3) is 0.455. The lowest BCUT2D eigenvalue weighted by molar-refractivity contribution is 0.198. The first kappa shape index (κ1) is 13.0. The second kappa shape index (κ2) is 6.53. The van der Waals surface area contributed by atoms with Crippen LogP contribution in [0.25, 0.3) is 0 Å². The molecule has 0 aliphatic heterocycles. The van der Waals surface area contributed by atoms with Crippen molar-refractivity contribution in [1.82, 2.24) is 0 Å². The van der Waals surface area contributed by atoms with Gasteiger partial charge in [-0.25, -0.2) is 0 Å². The summed E-state index contributed by atoms with van der Waals surface area (Å²) in [4.78, 5) is 1.15. The molecular weight excluding hydrogens is 276 g/mol. The van der Waals surface area contributed by atoms with E-state index in [1.54, 1.807) is 18.7 Å². The van der Waals surface area contributed by atoms with Crippen LogP contribution in [0.4, 0.5) is 0 Å². The average Bonchev–Trinajstić information content (AvgIpc) is 2.17. The molecule has 1 aromatic rings. The summed E-state index contributed by atoms with van der Waals surface area (Å²) in [6.45, 7) is 1.98. The fourth-order valence-corrected chi connectivity index (χ4v) is 2.93. The minimum Gasteiger partial charge on any atom is -0.396 e. The van der Waals surface area contributed by atoms with Gasteiger partial charge in [0.15, 0.2) is 0 Å². The molecule has 0 bridgehead atoms. The normalized spacial score (nSPS) is 12.8. The quantitative estimate of drug-likeness (QED) is 0.647. The van der Waals surface area contributed by atoms with Gasteiger partial charge in [-0.2, -0.15) is 0 Å². The summed E-state index contributed by atoms with van der Waals surface area (Å²) < 4.78 is 0.937. The summed E-state index contributed by atoms with van der Waals surface area (Å²) in [5, 5.41) is 18.1. The van der Waals surface area contributed by atoms with E-state index in [4.69, 9.17) is 5.11 Å². The Morgan fingerprint density at radius 1 is 1.47 bits per heavy atom.